The van der Waals surface area contributed by atoms with Gasteiger partial charge in [0.05, 0.1) is 10.2 Å². The van der Waals surface area contributed by atoms with Crippen molar-refractivity contribution in [3.8, 4) is 0 Å². The van der Waals surface area contributed by atoms with E-state index in [0.29, 0.717) is 0 Å². The molecule has 0 saturated carbocycles. The molecule has 1 saturated heterocycles. The van der Waals surface area contributed by atoms with Gasteiger partial charge in [0.25, 0.3) is 0 Å². The highest BCUT2D eigenvalue weighted by Crippen LogP contribution is 2.34. The second-order valence-corrected chi connectivity index (χ2v) is 8.20. The SMILES string of the molecule is C1SCSCSSCS1. The maximum atomic E-state index is 2.04. The molecule has 0 N–H and O–H groups in total. The molecule has 0 atom stereocenters. The summed E-state index contributed by atoms with van der Waals surface area (Å²) in [5.41, 5.74) is 0. The fourth-order valence-corrected chi connectivity index (χ4v) is 7.49. The van der Waals surface area contributed by atoms with E-state index in [1.54, 1.807) is 0 Å². The van der Waals surface area contributed by atoms with Crippen LogP contribution >= 0.6 is 56.9 Å². The maximum Gasteiger partial charge on any atom is 0.0504 e. The molecule has 0 amide bonds. The molecule has 1 rings (SSSR count). The molecule has 0 aromatic rings. The highest BCUT2D eigenvalue weighted by atomic mass is 33.1. The van der Waals surface area contributed by atoms with Gasteiger partial charge in [-0.1, -0.05) is 21.6 Å². The van der Waals surface area contributed by atoms with Gasteiger partial charge in [-0.15, -0.1) is 35.3 Å². The highest BCUT2D eigenvalue weighted by molar-refractivity contribution is 8.79. The number of rotatable bonds is 0. The Kier molecular flexibility index (Phi) is 6.35. The summed E-state index contributed by atoms with van der Waals surface area (Å²) in [5, 5.41) is 5.08. The quantitative estimate of drug-likeness (QED) is 0.567. The predicted molar refractivity (Wildman–Crippen MR) is 57.4 cm³/mol. The van der Waals surface area contributed by atoms with Crippen molar-refractivity contribution in [3.05, 3.63) is 0 Å². The van der Waals surface area contributed by atoms with Crippen LogP contribution in [0.2, 0.25) is 0 Å². The van der Waals surface area contributed by atoms with Gasteiger partial charge >= 0.3 is 0 Å². The zero-order valence-electron chi connectivity index (χ0n) is 4.87. The van der Waals surface area contributed by atoms with Crippen LogP contribution in [-0.4, -0.2) is 20.3 Å². The van der Waals surface area contributed by atoms with Gasteiger partial charge in [0.15, 0.2) is 0 Å². The molecule has 0 radical (unpaired) electrons. The summed E-state index contributed by atoms with van der Waals surface area (Å²) in [7, 11) is 3.98. The van der Waals surface area contributed by atoms with Gasteiger partial charge in [-0.25, -0.2) is 0 Å². The standard InChI is InChI=1S/C4H8S5/c1-5-2-7-4-9-8-3-6-1/h1-4H2. The molecule has 0 aliphatic carbocycles. The molecule has 0 aromatic heterocycles. The first kappa shape index (κ1) is 8.84. The third-order valence-electron chi connectivity index (χ3n) is 0.680. The summed E-state index contributed by atoms with van der Waals surface area (Å²) < 4.78 is 0. The summed E-state index contributed by atoms with van der Waals surface area (Å²) in [4.78, 5) is 0. The Balaban J connectivity index is 2.02. The van der Waals surface area contributed by atoms with Crippen molar-refractivity contribution in [2.75, 3.05) is 20.3 Å². The lowest BCUT2D eigenvalue weighted by molar-refractivity contribution is 2.10. The molecule has 54 valence electrons. The van der Waals surface area contributed by atoms with Crippen molar-refractivity contribution < 1.29 is 0 Å². The summed E-state index contributed by atoms with van der Waals surface area (Å²) in [5.74, 6) is 0. The molecule has 1 aliphatic heterocycles. The zero-order valence-corrected chi connectivity index (χ0v) is 8.95. The van der Waals surface area contributed by atoms with Crippen LogP contribution in [0.3, 0.4) is 0 Å². The average Bonchev–Trinajstić information content (AvgIpc) is 2.00. The fourth-order valence-electron chi connectivity index (χ4n) is 0.356. The Bertz CT molecular complexity index is 37.4. The largest absolute Gasteiger partial charge is 0.140 e. The molecule has 1 fully saturated rings. The molecule has 1 heterocycles. The molecule has 0 bridgehead atoms. The minimum atomic E-state index is 1.26. The van der Waals surface area contributed by atoms with Crippen molar-refractivity contribution in [2.45, 2.75) is 0 Å². The van der Waals surface area contributed by atoms with Crippen LogP contribution in [-0.2, 0) is 0 Å². The van der Waals surface area contributed by atoms with Crippen LogP contribution in [0.15, 0.2) is 0 Å². The lowest BCUT2D eigenvalue weighted by Crippen LogP contribution is -1.71. The monoisotopic (exact) mass is 216 g/mol. The van der Waals surface area contributed by atoms with Crippen molar-refractivity contribution >= 4 is 56.9 Å². The third-order valence-corrected chi connectivity index (χ3v) is 7.85. The third kappa shape index (κ3) is 5.07. The maximum absolute atomic E-state index is 2.04. The van der Waals surface area contributed by atoms with Crippen LogP contribution in [0.5, 0.6) is 0 Å². The Morgan fingerprint density at radius 3 is 1.56 bits per heavy atom. The minimum Gasteiger partial charge on any atom is -0.140 e. The van der Waals surface area contributed by atoms with Crippen LogP contribution < -0.4 is 0 Å². The minimum absolute atomic E-state index is 1.26. The van der Waals surface area contributed by atoms with Gasteiger partial charge in [-0.3, -0.25) is 0 Å². The van der Waals surface area contributed by atoms with Crippen LogP contribution in [0.4, 0.5) is 0 Å². The molecular weight excluding hydrogens is 208 g/mol. The molecule has 1 aliphatic rings. The molecule has 0 spiro atoms. The zero-order chi connectivity index (χ0) is 6.36. The molecular formula is C4H8S5. The number of hydrogen-bond donors (Lipinski definition) is 0. The first-order valence-electron chi connectivity index (χ1n) is 2.48. The van der Waals surface area contributed by atoms with E-state index in [1.165, 1.54) is 20.3 Å². The van der Waals surface area contributed by atoms with Gasteiger partial charge in [0.1, 0.15) is 0 Å². The van der Waals surface area contributed by atoms with Gasteiger partial charge in [-0.05, 0) is 0 Å². The number of hydrogen-bond acceptors (Lipinski definition) is 5. The van der Waals surface area contributed by atoms with Crippen molar-refractivity contribution in [1.82, 2.24) is 0 Å². The Labute approximate surface area is 76.8 Å². The van der Waals surface area contributed by atoms with E-state index in [2.05, 4.69) is 0 Å². The van der Waals surface area contributed by atoms with E-state index < -0.39 is 0 Å². The molecule has 0 aromatic carbocycles. The Morgan fingerprint density at radius 2 is 1.00 bits per heavy atom. The van der Waals surface area contributed by atoms with Crippen molar-refractivity contribution in [1.29, 1.82) is 0 Å². The van der Waals surface area contributed by atoms with E-state index in [-0.39, 0.29) is 0 Å². The Hall–Kier alpha value is 1.75. The van der Waals surface area contributed by atoms with E-state index in [9.17, 15) is 0 Å². The van der Waals surface area contributed by atoms with Crippen LogP contribution in [0, 0.1) is 0 Å². The van der Waals surface area contributed by atoms with E-state index in [0.717, 1.165) is 0 Å². The normalized spacial score (nSPS) is 24.0. The lowest BCUT2D eigenvalue weighted by atomic mass is 11.8. The van der Waals surface area contributed by atoms with Crippen molar-refractivity contribution in [2.24, 2.45) is 0 Å². The van der Waals surface area contributed by atoms with Gasteiger partial charge in [0, 0.05) is 10.2 Å². The van der Waals surface area contributed by atoms with Gasteiger partial charge in [-0.2, -0.15) is 0 Å². The number of thioether (sulfide) groups is 3. The molecule has 0 unspecified atom stereocenters. The average molecular weight is 216 g/mol. The first-order chi connectivity index (χ1) is 4.50. The summed E-state index contributed by atoms with van der Waals surface area (Å²) in [6, 6.07) is 0. The predicted octanol–water partition coefficient (Wildman–Crippen LogP) is 3.41. The summed E-state index contributed by atoms with van der Waals surface area (Å²) in [6.07, 6.45) is 0. The second-order valence-electron chi connectivity index (χ2n) is 1.32. The van der Waals surface area contributed by atoms with Crippen molar-refractivity contribution in [3.63, 3.8) is 0 Å². The van der Waals surface area contributed by atoms with Crippen LogP contribution in [0.1, 0.15) is 0 Å². The second kappa shape index (κ2) is 6.46. The summed E-state index contributed by atoms with van der Waals surface area (Å²) in [6.45, 7) is 0. The van der Waals surface area contributed by atoms with E-state index in [1.807, 2.05) is 56.9 Å². The summed E-state index contributed by atoms with van der Waals surface area (Å²) >= 11 is 6.11. The topological polar surface area (TPSA) is 0 Å². The molecule has 0 nitrogen and oxygen atoms in total. The fraction of sp³-hybridized carbons (Fsp3) is 1.00. The van der Waals surface area contributed by atoms with Crippen LogP contribution in [0.25, 0.3) is 0 Å². The lowest BCUT2D eigenvalue weighted by Gasteiger charge is -1.93. The highest BCUT2D eigenvalue weighted by Gasteiger charge is 1.96. The van der Waals surface area contributed by atoms with E-state index >= 15 is 0 Å². The smallest absolute Gasteiger partial charge is 0.0504 e. The molecule has 5 heteroatoms. The Morgan fingerprint density at radius 1 is 0.556 bits per heavy atom. The van der Waals surface area contributed by atoms with E-state index in [4.69, 9.17) is 0 Å². The first-order valence-corrected chi connectivity index (χ1v) is 8.43. The van der Waals surface area contributed by atoms with Gasteiger partial charge in [0.2, 0.25) is 0 Å². The van der Waals surface area contributed by atoms with Gasteiger partial charge < -0.3 is 0 Å². The molecule has 9 heavy (non-hydrogen) atoms.